The number of rotatable bonds is 2. The summed E-state index contributed by atoms with van der Waals surface area (Å²) in [7, 11) is 0. The van der Waals surface area contributed by atoms with Crippen LogP contribution < -0.4 is 10.1 Å². The molecule has 1 N–H and O–H groups in total. The summed E-state index contributed by atoms with van der Waals surface area (Å²) >= 11 is 3.28. The average Bonchev–Trinajstić information content (AvgIpc) is 2.79. The molecule has 3 nitrogen and oxygen atoms in total. The monoisotopic (exact) mass is 377 g/mol. The van der Waals surface area contributed by atoms with Crippen molar-refractivity contribution in [2.75, 3.05) is 11.9 Å². The van der Waals surface area contributed by atoms with E-state index < -0.39 is 5.82 Å². The number of halogens is 2. The van der Waals surface area contributed by atoms with Crippen molar-refractivity contribution in [1.82, 2.24) is 0 Å². The van der Waals surface area contributed by atoms with Crippen molar-refractivity contribution in [2.45, 2.75) is 26.2 Å². The number of fused-ring (bicyclic) bond motifs is 1. The van der Waals surface area contributed by atoms with Gasteiger partial charge in [0.05, 0.1) is 6.61 Å². The van der Waals surface area contributed by atoms with Crippen LogP contribution in [0.2, 0.25) is 0 Å². The molecule has 120 valence electrons. The van der Waals surface area contributed by atoms with Crippen molar-refractivity contribution in [2.24, 2.45) is 0 Å². The minimum atomic E-state index is -0.406. The average molecular weight is 378 g/mol. The molecule has 0 bridgehead atoms. The quantitative estimate of drug-likeness (QED) is 0.814. The Morgan fingerprint density at radius 3 is 2.78 bits per heavy atom. The van der Waals surface area contributed by atoms with Crippen LogP contribution in [0.15, 0.2) is 34.8 Å². The summed E-state index contributed by atoms with van der Waals surface area (Å²) in [4.78, 5) is 12.4. The molecule has 1 amide bonds. The smallest absolute Gasteiger partial charge is 0.255 e. The van der Waals surface area contributed by atoms with Gasteiger partial charge in [-0.3, -0.25) is 4.79 Å². The molecule has 2 aromatic rings. The molecule has 0 saturated heterocycles. The standard InChI is InChI=1S/C18H17BrFNO2/c1-10-14(19)7-12(20)8-15(10)21-17(22)11-4-5-13-16(6-11)23-9-18(13,2)3/h4-8H,9H2,1-3H3,(H,21,22). The van der Waals surface area contributed by atoms with Crippen molar-refractivity contribution < 1.29 is 13.9 Å². The van der Waals surface area contributed by atoms with Gasteiger partial charge in [-0.25, -0.2) is 4.39 Å². The van der Waals surface area contributed by atoms with Crippen LogP contribution in [0.1, 0.15) is 35.3 Å². The van der Waals surface area contributed by atoms with Crippen LogP contribution in [0.4, 0.5) is 10.1 Å². The fourth-order valence-corrected chi connectivity index (χ4v) is 3.08. The molecule has 1 aliphatic heterocycles. The van der Waals surface area contributed by atoms with E-state index in [2.05, 4.69) is 35.1 Å². The van der Waals surface area contributed by atoms with Crippen molar-refractivity contribution in [3.05, 3.63) is 57.3 Å². The predicted molar refractivity (Wildman–Crippen MR) is 91.8 cm³/mol. The molecule has 0 radical (unpaired) electrons. The Morgan fingerprint density at radius 2 is 2.04 bits per heavy atom. The fraction of sp³-hybridized carbons (Fsp3) is 0.278. The van der Waals surface area contributed by atoms with E-state index in [0.29, 0.717) is 22.3 Å². The lowest BCUT2D eigenvalue weighted by Crippen LogP contribution is -2.18. The summed E-state index contributed by atoms with van der Waals surface area (Å²) in [6, 6.07) is 8.12. The maximum absolute atomic E-state index is 13.5. The third kappa shape index (κ3) is 2.98. The van der Waals surface area contributed by atoms with Gasteiger partial charge >= 0.3 is 0 Å². The van der Waals surface area contributed by atoms with Crippen molar-refractivity contribution in [3.8, 4) is 5.75 Å². The number of amides is 1. The van der Waals surface area contributed by atoms with Gasteiger partial charge in [0.15, 0.2) is 0 Å². The fourth-order valence-electron chi connectivity index (χ4n) is 2.65. The zero-order valence-electron chi connectivity index (χ0n) is 13.2. The number of hydrogen-bond acceptors (Lipinski definition) is 2. The maximum Gasteiger partial charge on any atom is 0.255 e. The Hall–Kier alpha value is -1.88. The van der Waals surface area contributed by atoms with E-state index in [4.69, 9.17) is 4.74 Å². The highest BCUT2D eigenvalue weighted by molar-refractivity contribution is 9.10. The summed E-state index contributed by atoms with van der Waals surface area (Å²) in [6.45, 7) is 6.62. The lowest BCUT2D eigenvalue weighted by molar-refractivity contribution is 0.102. The molecule has 3 rings (SSSR count). The van der Waals surface area contributed by atoms with Gasteiger partial charge in [0.2, 0.25) is 0 Å². The van der Waals surface area contributed by atoms with E-state index in [1.165, 1.54) is 12.1 Å². The number of benzene rings is 2. The van der Waals surface area contributed by atoms with E-state index in [0.717, 1.165) is 16.9 Å². The minimum Gasteiger partial charge on any atom is -0.492 e. The molecule has 1 aliphatic rings. The topological polar surface area (TPSA) is 38.3 Å². The van der Waals surface area contributed by atoms with E-state index in [1.807, 2.05) is 13.0 Å². The van der Waals surface area contributed by atoms with Crippen LogP contribution in [0.3, 0.4) is 0 Å². The molecular formula is C18H17BrFNO2. The first-order valence-corrected chi connectivity index (χ1v) is 8.11. The largest absolute Gasteiger partial charge is 0.492 e. The van der Waals surface area contributed by atoms with Gasteiger partial charge in [-0.15, -0.1) is 0 Å². The first-order chi connectivity index (χ1) is 10.8. The third-order valence-electron chi connectivity index (χ3n) is 4.12. The third-order valence-corrected chi connectivity index (χ3v) is 4.94. The number of carbonyl (C=O) groups excluding carboxylic acids is 1. The summed E-state index contributed by atoms with van der Waals surface area (Å²) in [5, 5.41) is 2.76. The Morgan fingerprint density at radius 1 is 1.30 bits per heavy atom. The van der Waals surface area contributed by atoms with E-state index in [9.17, 15) is 9.18 Å². The van der Waals surface area contributed by atoms with Crippen LogP contribution in [-0.2, 0) is 5.41 Å². The number of ether oxygens (including phenoxy) is 1. The minimum absolute atomic E-state index is 0.0473. The molecule has 0 saturated carbocycles. The summed E-state index contributed by atoms with van der Waals surface area (Å²) < 4.78 is 19.8. The molecule has 0 fully saturated rings. The molecule has 23 heavy (non-hydrogen) atoms. The second kappa shape index (κ2) is 5.64. The number of hydrogen-bond donors (Lipinski definition) is 1. The van der Waals surface area contributed by atoms with E-state index in [-0.39, 0.29) is 11.3 Å². The van der Waals surface area contributed by atoms with Gasteiger partial charge in [-0.2, -0.15) is 0 Å². The van der Waals surface area contributed by atoms with E-state index in [1.54, 1.807) is 12.1 Å². The number of carbonyl (C=O) groups is 1. The number of nitrogens with one attached hydrogen (secondary N) is 1. The van der Waals surface area contributed by atoms with Crippen LogP contribution in [0.5, 0.6) is 5.75 Å². The van der Waals surface area contributed by atoms with Crippen LogP contribution in [0.25, 0.3) is 0 Å². The predicted octanol–water partition coefficient (Wildman–Crippen LogP) is 4.82. The SMILES string of the molecule is Cc1c(Br)cc(F)cc1NC(=O)c1ccc2c(c1)OCC2(C)C. The molecule has 2 aromatic carbocycles. The van der Waals surface area contributed by atoms with E-state index >= 15 is 0 Å². The van der Waals surface area contributed by atoms with Gasteiger partial charge in [-0.05, 0) is 36.8 Å². The van der Waals surface area contributed by atoms with Gasteiger partial charge in [0.1, 0.15) is 11.6 Å². The lowest BCUT2D eigenvalue weighted by Gasteiger charge is -2.15. The first-order valence-electron chi connectivity index (χ1n) is 7.32. The first kappa shape index (κ1) is 16.0. The highest BCUT2D eigenvalue weighted by atomic mass is 79.9. The molecule has 0 aliphatic carbocycles. The Balaban J connectivity index is 1.88. The molecule has 5 heteroatoms. The van der Waals surface area contributed by atoms with Gasteiger partial charge < -0.3 is 10.1 Å². The lowest BCUT2D eigenvalue weighted by atomic mass is 9.86. The molecular weight excluding hydrogens is 361 g/mol. The van der Waals surface area contributed by atoms with Crippen molar-refractivity contribution in [1.29, 1.82) is 0 Å². The Bertz CT molecular complexity index is 802. The molecule has 1 heterocycles. The van der Waals surface area contributed by atoms with Crippen LogP contribution in [-0.4, -0.2) is 12.5 Å². The normalized spacial score (nSPS) is 15.0. The van der Waals surface area contributed by atoms with Crippen LogP contribution in [0, 0.1) is 12.7 Å². The summed E-state index contributed by atoms with van der Waals surface area (Å²) in [5.74, 6) is 0.0401. The van der Waals surface area contributed by atoms with Crippen molar-refractivity contribution >= 4 is 27.5 Å². The number of anilines is 1. The summed E-state index contributed by atoms with van der Waals surface area (Å²) in [5.41, 5.74) is 2.76. The highest BCUT2D eigenvalue weighted by Crippen LogP contribution is 2.38. The molecule has 0 aromatic heterocycles. The van der Waals surface area contributed by atoms with Gasteiger partial charge in [0, 0.05) is 26.7 Å². The molecule has 0 atom stereocenters. The van der Waals surface area contributed by atoms with Gasteiger partial charge in [0.25, 0.3) is 5.91 Å². The molecule has 0 spiro atoms. The second-order valence-corrected chi connectivity index (χ2v) is 7.25. The Kier molecular flexibility index (Phi) is 3.92. The molecule has 0 unspecified atom stereocenters. The second-order valence-electron chi connectivity index (χ2n) is 6.40. The Labute approximate surface area is 143 Å². The summed E-state index contributed by atoms with van der Waals surface area (Å²) in [6.07, 6.45) is 0. The zero-order valence-corrected chi connectivity index (χ0v) is 14.8. The highest BCUT2D eigenvalue weighted by Gasteiger charge is 2.32. The van der Waals surface area contributed by atoms with Crippen LogP contribution >= 0.6 is 15.9 Å². The maximum atomic E-state index is 13.5. The van der Waals surface area contributed by atoms with Gasteiger partial charge in [-0.1, -0.05) is 35.8 Å². The van der Waals surface area contributed by atoms with Crippen molar-refractivity contribution in [3.63, 3.8) is 0 Å². The zero-order chi connectivity index (χ0) is 16.8.